The van der Waals surface area contributed by atoms with Crippen LogP contribution in [0.25, 0.3) is 61.0 Å². The number of allylic oxidation sites excluding steroid dienone is 1. The predicted molar refractivity (Wildman–Crippen MR) is 273 cm³/mol. The third-order valence-corrected chi connectivity index (χ3v) is 13.1. The number of nitrogens with zero attached hydrogens (tertiary/aromatic N) is 1. The summed E-state index contributed by atoms with van der Waals surface area (Å²) in [4.78, 5) is 5.30. The smallest absolute Gasteiger partial charge is 0.131 e. The van der Waals surface area contributed by atoms with Crippen LogP contribution in [-0.2, 0) is 11.8 Å². The number of fused-ring (bicyclic) bond motifs is 4. The molecule has 10 aromatic carbocycles. The maximum absolute atomic E-state index is 6.93. The first kappa shape index (κ1) is 39.5. The Hall–Kier alpha value is -8.33. The third-order valence-electron chi connectivity index (χ3n) is 13.1. The zero-order chi connectivity index (χ0) is 43.6. The normalized spacial score (nSPS) is 13.0. The van der Waals surface area contributed by atoms with Crippen LogP contribution < -0.4 is 5.73 Å². The van der Waals surface area contributed by atoms with Gasteiger partial charge in [-0.25, -0.2) is 4.99 Å². The number of aliphatic imine (C=N–C) groups is 1. The van der Waals surface area contributed by atoms with Crippen molar-refractivity contribution in [3.05, 3.63) is 294 Å². The summed E-state index contributed by atoms with van der Waals surface area (Å²) in [5, 5.41) is 2.27. The summed E-state index contributed by atoms with van der Waals surface area (Å²) in [5.74, 6) is 0.474. The van der Waals surface area contributed by atoms with E-state index in [0.29, 0.717) is 12.3 Å². The second kappa shape index (κ2) is 17.1. The fourth-order valence-corrected chi connectivity index (χ4v) is 10.2. The van der Waals surface area contributed by atoms with Gasteiger partial charge < -0.3 is 5.73 Å². The standard InChI is InChI=1S/C63H46N2/c64-62(47-25-10-3-11-26-47)65-60(42-39-46-37-38-48(44-21-6-1-7-22-44)43-58(46)45-23-8-2-9-24-45)55-41-40-53(51-31-16-17-32-52(51)55)56-34-20-35-57-54-33-18-19-36-59(54)63(61(56)57,49-27-12-4-13-28-49)50-29-14-5-15-30-50/h1-38,40-43H,39H2,(H2,64,65)/b60-42-. The Morgan fingerprint density at radius 3 is 1.63 bits per heavy atom. The van der Waals surface area contributed by atoms with E-state index in [1.165, 1.54) is 72.3 Å². The van der Waals surface area contributed by atoms with Gasteiger partial charge in [0.15, 0.2) is 0 Å². The number of hydrogen-bond acceptors (Lipinski definition) is 1. The van der Waals surface area contributed by atoms with E-state index in [4.69, 9.17) is 10.7 Å². The van der Waals surface area contributed by atoms with Crippen molar-refractivity contribution < 1.29 is 0 Å². The molecule has 0 heterocycles. The Bertz CT molecular complexity index is 3330. The van der Waals surface area contributed by atoms with E-state index in [1.807, 2.05) is 30.3 Å². The SMILES string of the molecule is NC(=N/C(=C\Cc1ccc(-c2ccccc2)cc1-c1ccccc1)c1ccc(-c2cccc3c2C(c2ccccc2)(c2ccccc2)c2ccccc2-3)c2ccccc12)c1ccccc1. The first-order chi connectivity index (χ1) is 32.2. The molecule has 65 heavy (non-hydrogen) atoms. The van der Waals surface area contributed by atoms with Crippen molar-refractivity contribution in [1.82, 2.24) is 0 Å². The maximum Gasteiger partial charge on any atom is 0.131 e. The third kappa shape index (κ3) is 7.06. The molecule has 11 rings (SSSR count). The topological polar surface area (TPSA) is 38.4 Å². The van der Waals surface area contributed by atoms with Gasteiger partial charge in [-0.2, -0.15) is 0 Å². The molecule has 0 amide bonds. The van der Waals surface area contributed by atoms with Gasteiger partial charge in [-0.05, 0) is 95.6 Å². The summed E-state index contributed by atoms with van der Waals surface area (Å²) in [5.41, 5.74) is 25.1. The highest BCUT2D eigenvalue weighted by Crippen LogP contribution is 2.59. The van der Waals surface area contributed by atoms with Crippen molar-refractivity contribution in [3.63, 3.8) is 0 Å². The molecule has 308 valence electrons. The van der Waals surface area contributed by atoms with Crippen LogP contribution in [0.5, 0.6) is 0 Å². The molecule has 0 saturated heterocycles. The zero-order valence-electron chi connectivity index (χ0n) is 36.0. The van der Waals surface area contributed by atoms with Gasteiger partial charge in [-0.1, -0.05) is 249 Å². The van der Waals surface area contributed by atoms with Crippen molar-refractivity contribution in [2.75, 3.05) is 0 Å². The predicted octanol–water partition coefficient (Wildman–Crippen LogP) is 15.2. The summed E-state index contributed by atoms with van der Waals surface area (Å²) in [6, 6.07) is 89.4. The summed E-state index contributed by atoms with van der Waals surface area (Å²) in [7, 11) is 0. The summed E-state index contributed by atoms with van der Waals surface area (Å²) in [6.45, 7) is 0. The van der Waals surface area contributed by atoms with Crippen LogP contribution in [0, 0.1) is 0 Å². The lowest BCUT2D eigenvalue weighted by atomic mass is 9.66. The van der Waals surface area contributed by atoms with E-state index in [0.717, 1.165) is 27.6 Å². The highest BCUT2D eigenvalue weighted by atomic mass is 14.9. The number of benzene rings is 10. The van der Waals surface area contributed by atoms with Gasteiger partial charge in [0.1, 0.15) is 5.84 Å². The quantitative estimate of drug-likeness (QED) is 0.108. The molecule has 0 aliphatic heterocycles. The van der Waals surface area contributed by atoms with Gasteiger partial charge in [-0.3, -0.25) is 0 Å². The van der Waals surface area contributed by atoms with Gasteiger partial charge in [-0.15, -0.1) is 0 Å². The Balaban J connectivity index is 1.11. The minimum atomic E-state index is -0.545. The van der Waals surface area contributed by atoms with E-state index in [2.05, 4.69) is 224 Å². The van der Waals surface area contributed by atoms with Crippen molar-refractivity contribution in [2.45, 2.75) is 11.8 Å². The zero-order valence-corrected chi connectivity index (χ0v) is 36.0. The van der Waals surface area contributed by atoms with Gasteiger partial charge in [0.25, 0.3) is 0 Å². The molecule has 0 radical (unpaired) electrons. The average molecular weight is 831 g/mol. The molecule has 2 nitrogen and oxygen atoms in total. The van der Waals surface area contributed by atoms with E-state index in [-0.39, 0.29) is 0 Å². The van der Waals surface area contributed by atoms with Crippen molar-refractivity contribution in [1.29, 1.82) is 0 Å². The summed E-state index contributed by atoms with van der Waals surface area (Å²) < 4.78 is 0. The van der Waals surface area contributed by atoms with Crippen LogP contribution in [-0.4, -0.2) is 5.84 Å². The first-order valence-electron chi connectivity index (χ1n) is 22.4. The molecule has 1 aliphatic carbocycles. The second-order valence-electron chi connectivity index (χ2n) is 16.7. The van der Waals surface area contributed by atoms with Crippen LogP contribution >= 0.6 is 0 Å². The van der Waals surface area contributed by atoms with Crippen LogP contribution in [0.4, 0.5) is 0 Å². The number of rotatable bonds is 10. The molecule has 0 unspecified atom stereocenters. The molecular weight excluding hydrogens is 785 g/mol. The molecule has 1 aliphatic rings. The number of amidine groups is 1. The Kier molecular flexibility index (Phi) is 10.4. The number of nitrogens with two attached hydrogens (primary N) is 1. The minimum absolute atomic E-state index is 0.474. The Morgan fingerprint density at radius 1 is 0.415 bits per heavy atom. The summed E-state index contributed by atoms with van der Waals surface area (Å²) in [6.07, 6.45) is 2.91. The summed E-state index contributed by atoms with van der Waals surface area (Å²) >= 11 is 0. The lowest BCUT2D eigenvalue weighted by Gasteiger charge is -2.35. The molecule has 0 aromatic heterocycles. The fraction of sp³-hybridized carbons (Fsp3) is 0.0317. The molecule has 0 spiro atoms. The van der Waals surface area contributed by atoms with Gasteiger partial charge >= 0.3 is 0 Å². The highest BCUT2D eigenvalue weighted by Gasteiger charge is 2.47. The first-order valence-corrected chi connectivity index (χ1v) is 22.4. The largest absolute Gasteiger partial charge is 0.383 e. The highest BCUT2D eigenvalue weighted by molar-refractivity contribution is 6.07. The molecule has 0 saturated carbocycles. The second-order valence-corrected chi connectivity index (χ2v) is 16.7. The van der Waals surface area contributed by atoms with Gasteiger partial charge in [0.2, 0.25) is 0 Å². The lowest BCUT2D eigenvalue weighted by molar-refractivity contribution is 0.770. The molecule has 0 atom stereocenters. The molecule has 0 bridgehead atoms. The maximum atomic E-state index is 6.93. The van der Waals surface area contributed by atoms with E-state index in [1.54, 1.807) is 0 Å². The van der Waals surface area contributed by atoms with Crippen LogP contribution in [0.15, 0.2) is 260 Å². The molecule has 10 aromatic rings. The van der Waals surface area contributed by atoms with Crippen molar-refractivity contribution >= 4 is 22.3 Å². The van der Waals surface area contributed by atoms with Crippen LogP contribution in [0.2, 0.25) is 0 Å². The lowest BCUT2D eigenvalue weighted by Crippen LogP contribution is -2.29. The molecule has 2 N–H and O–H groups in total. The monoisotopic (exact) mass is 830 g/mol. The van der Waals surface area contributed by atoms with Crippen molar-refractivity contribution in [3.8, 4) is 44.5 Å². The van der Waals surface area contributed by atoms with Crippen molar-refractivity contribution in [2.24, 2.45) is 10.7 Å². The van der Waals surface area contributed by atoms with E-state index < -0.39 is 5.41 Å². The molecular formula is C63H46N2. The minimum Gasteiger partial charge on any atom is -0.383 e. The molecule has 0 fully saturated rings. The van der Waals surface area contributed by atoms with Crippen LogP contribution in [0.1, 0.15) is 38.9 Å². The average Bonchev–Trinajstić information content (AvgIpc) is 3.70. The van der Waals surface area contributed by atoms with E-state index in [9.17, 15) is 0 Å². The molecule has 2 heteroatoms. The Morgan fingerprint density at radius 2 is 0.954 bits per heavy atom. The van der Waals surface area contributed by atoms with Crippen LogP contribution in [0.3, 0.4) is 0 Å². The van der Waals surface area contributed by atoms with E-state index >= 15 is 0 Å². The number of hydrogen-bond donors (Lipinski definition) is 1. The Labute approximate surface area is 381 Å². The van der Waals surface area contributed by atoms with Gasteiger partial charge in [0, 0.05) is 11.1 Å². The van der Waals surface area contributed by atoms with Gasteiger partial charge in [0.05, 0.1) is 11.1 Å². The fourth-order valence-electron chi connectivity index (χ4n) is 10.2.